The summed E-state index contributed by atoms with van der Waals surface area (Å²) >= 11 is 0. The van der Waals surface area contributed by atoms with Gasteiger partial charge in [-0.1, -0.05) is 54.6 Å². The molecule has 0 saturated carbocycles. The average Bonchev–Trinajstić information content (AvgIpc) is 2.70. The standard InChI is InChI=1S/C21H20N2O3/c24-19(18-11-10-15-6-4-5-9-17(15)12-18)13-22-20(25)14-23-21(26)16-7-2-1-3-8-16/h1-12,19,24H,13-14H2,(H,22,25)(H,23,26). The SMILES string of the molecule is O=C(CNC(=O)c1ccccc1)NCC(O)c1ccc2ccccc2c1. The summed E-state index contributed by atoms with van der Waals surface area (Å²) in [7, 11) is 0. The summed E-state index contributed by atoms with van der Waals surface area (Å²) in [4.78, 5) is 23.8. The Balaban J connectivity index is 1.49. The number of aliphatic hydroxyl groups excluding tert-OH is 1. The fourth-order valence-electron chi connectivity index (χ4n) is 2.66. The van der Waals surface area contributed by atoms with Gasteiger partial charge in [-0.2, -0.15) is 0 Å². The Labute approximate surface area is 151 Å². The third-order valence-electron chi connectivity index (χ3n) is 4.10. The van der Waals surface area contributed by atoms with Crippen molar-refractivity contribution in [2.24, 2.45) is 0 Å². The van der Waals surface area contributed by atoms with Crippen LogP contribution < -0.4 is 10.6 Å². The lowest BCUT2D eigenvalue weighted by Gasteiger charge is -2.13. The van der Waals surface area contributed by atoms with Gasteiger partial charge in [0.25, 0.3) is 5.91 Å². The minimum Gasteiger partial charge on any atom is -0.387 e. The van der Waals surface area contributed by atoms with E-state index >= 15 is 0 Å². The Morgan fingerprint density at radius 3 is 2.31 bits per heavy atom. The molecule has 0 saturated heterocycles. The molecule has 1 unspecified atom stereocenters. The molecule has 5 nitrogen and oxygen atoms in total. The van der Waals surface area contributed by atoms with Gasteiger partial charge in [0.2, 0.25) is 5.91 Å². The molecule has 0 aliphatic rings. The number of carbonyl (C=O) groups excluding carboxylic acids is 2. The van der Waals surface area contributed by atoms with E-state index in [1.807, 2.05) is 48.5 Å². The lowest BCUT2D eigenvalue weighted by molar-refractivity contribution is -0.120. The van der Waals surface area contributed by atoms with Crippen LogP contribution in [-0.4, -0.2) is 30.0 Å². The number of hydrogen-bond donors (Lipinski definition) is 3. The zero-order valence-electron chi connectivity index (χ0n) is 14.2. The maximum atomic E-state index is 11.9. The van der Waals surface area contributed by atoms with E-state index in [1.54, 1.807) is 24.3 Å². The predicted molar refractivity (Wildman–Crippen MR) is 101 cm³/mol. The highest BCUT2D eigenvalue weighted by molar-refractivity contribution is 5.96. The van der Waals surface area contributed by atoms with Gasteiger partial charge < -0.3 is 15.7 Å². The Morgan fingerprint density at radius 1 is 0.846 bits per heavy atom. The Hall–Kier alpha value is -3.18. The lowest BCUT2D eigenvalue weighted by Crippen LogP contribution is -2.38. The summed E-state index contributed by atoms with van der Waals surface area (Å²) in [5.41, 5.74) is 1.23. The molecule has 0 spiro atoms. The summed E-state index contributed by atoms with van der Waals surface area (Å²) in [5.74, 6) is -0.662. The fraction of sp³-hybridized carbons (Fsp3) is 0.143. The van der Waals surface area contributed by atoms with E-state index in [9.17, 15) is 14.7 Å². The fourth-order valence-corrected chi connectivity index (χ4v) is 2.66. The minimum atomic E-state index is -0.812. The van der Waals surface area contributed by atoms with Crippen LogP contribution in [0, 0.1) is 0 Å². The molecule has 0 aromatic heterocycles. The van der Waals surface area contributed by atoms with Gasteiger partial charge in [0.05, 0.1) is 12.6 Å². The first-order valence-electron chi connectivity index (χ1n) is 8.40. The molecule has 3 N–H and O–H groups in total. The molecule has 3 aromatic rings. The van der Waals surface area contributed by atoms with Gasteiger partial charge in [-0.05, 0) is 34.5 Å². The van der Waals surface area contributed by atoms with E-state index in [0.717, 1.165) is 16.3 Å². The zero-order valence-corrected chi connectivity index (χ0v) is 14.2. The zero-order chi connectivity index (χ0) is 18.4. The molecular formula is C21H20N2O3. The number of amides is 2. The van der Waals surface area contributed by atoms with Crippen LogP contribution in [-0.2, 0) is 4.79 Å². The van der Waals surface area contributed by atoms with E-state index in [0.29, 0.717) is 5.56 Å². The quantitative estimate of drug-likeness (QED) is 0.640. The van der Waals surface area contributed by atoms with E-state index < -0.39 is 6.10 Å². The van der Waals surface area contributed by atoms with Crippen LogP contribution in [0.2, 0.25) is 0 Å². The molecule has 132 valence electrons. The van der Waals surface area contributed by atoms with Crippen molar-refractivity contribution in [3.05, 3.63) is 83.9 Å². The van der Waals surface area contributed by atoms with Gasteiger partial charge in [0, 0.05) is 12.1 Å². The maximum absolute atomic E-state index is 11.9. The first-order chi connectivity index (χ1) is 12.6. The van der Waals surface area contributed by atoms with Crippen molar-refractivity contribution in [2.45, 2.75) is 6.10 Å². The molecule has 5 heteroatoms. The second-order valence-corrected chi connectivity index (χ2v) is 5.98. The summed E-state index contributed by atoms with van der Waals surface area (Å²) in [5, 5.41) is 17.6. The molecule has 0 aliphatic carbocycles. The molecule has 0 radical (unpaired) electrons. The second-order valence-electron chi connectivity index (χ2n) is 5.98. The monoisotopic (exact) mass is 348 g/mol. The van der Waals surface area contributed by atoms with E-state index in [4.69, 9.17) is 0 Å². The maximum Gasteiger partial charge on any atom is 0.251 e. The molecule has 0 heterocycles. The summed E-state index contributed by atoms with van der Waals surface area (Å²) in [6.45, 7) is -0.0590. The number of benzene rings is 3. The number of rotatable bonds is 6. The third kappa shape index (κ3) is 4.46. The molecule has 2 amide bonds. The number of nitrogens with one attached hydrogen (secondary N) is 2. The van der Waals surface area contributed by atoms with Gasteiger partial charge in [-0.15, -0.1) is 0 Å². The van der Waals surface area contributed by atoms with Crippen molar-refractivity contribution >= 4 is 22.6 Å². The van der Waals surface area contributed by atoms with Crippen LogP contribution in [0.1, 0.15) is 22.0 Å². The Kier molecular flexibility index (Phi) is 5.61. The van der Waals surface area contributed by atoms with Crippen LogP contribution in [0.25, 0.3) is 10.8 Å². The largest absolute Gasteiger partial charge is 0.387 e. The molecule has 0 aliphatic heterocycles. The number of hydrogen-bond acceptors (Lipinski definition) is 3. The van der Waals surface area contributed by atoms with Crippen molar-refractivity contribution in [3.8, 4) is 0 Å². The molecule has 3 rings (SSSR count). The first kappa shape index (κ1) is 17.6. The molecule has 0 bridgehead atoms. The van der Waals surface area contributed by atoms with Crippen molar-refractivity contribution < 1.29 is 14.7 Å². The van der Waals surface area contributed by atoms with Crippen LogP contribution >= 0.6 is 0 Å². The number of carbonyl (C=O) groups is 2. The topological polar surface area (TPSA) is 78.4 Å². The first-order valence-corrected chi connectivity index (χ1v) is 8.40. The van der Waals surface area contributed by atoms with Crippen molar-refractivity contribution in [3.63, 3.8) is 0 Å². The van der Waals surface area contributed by atoms with E-state index in [-0.39, 0.29) is 24.9 Å². The molecular weight excluding hydrogens is 328 g/mol. The highest BCUT2D eigenvalue weighted by Gasteiger charge is 2.11. The highest BCUT2D eigenvalue weighted by Crippen LogP contribution is 2.19. The van der Waals surface area contributed by atoms with Crippen LogP contribution in [0.3, 0.4) is 0 Å². The number of aliphatic hydroxyl groups is 1. The molecule has 3 aromatic carbocycles. The Morgan fingerprint density at radius 2 is 1.54 bits per heavy atom. The van der Waals surface area contributed by atoms with Crippen LogP contribution in [0.5, 0.6) is 0 Å². The van der Waals surface area contributed by atoms with Crippen molar-refractivity contribution in [1.29, 1.82) is 0 Å². The molecule has 0 fully saturated rings. The molecule has 1 atom stereocenters. The van der Waals surface area contributed by atoms with E-state index in [2.05, 4.69) is 10.6 Å². The smallest absolute Gasteiger partial charge is 0.251 e. The summed E-state index contributed by atoms with van der Waals surface area (Å²) < 4.78 is 0. The van der Waals surface area contributed by atoms with Crippen LogP contribution in [0.4, 0.5) is 0 Å². The normalized spacial score (nSPS) is 11.7. The van der Waals surface area contributed by atoms with Gasteiger partial charge in [0.1, 0.15) is 0 Å². The minimum absolute atomic E-state index is 0.0817. The summed E-state index contributed by atoms with van der Waals surface area (Å²) in [6, 6.07) is 22.3. The van der Waals surface area contributed by atoms with Crippen LogP contribution in [0.15, 0.2) is 72.8 Å². The summed E-state index contributed by atoms with van der Waals surface area (Å²) in [6.07, 6.45) is -0.812. The molecule has 26 heavy (non-hydrogen) atoms. The predicted octanol–water partition coefficient (Wildman–Crippen LogP) is 2.42. The van der Waals surface area contributed by atoms with Crippen molar-refractivity contribution in [1.82, 2.24) is 10.6 Å². The second kappa shape index (κ2) is 8.27. The number of fused-ring (bicyclic) bond motifs is 1. The average molecular weight is 348 g/mol. The van der Waals surface area contributed by atoms with Gasteiger partial charge >= 0.3 is 0 Å². The lowest BCUT2D eigenvalue weighted by atomic mass is 10.0. The van der Waals surface area contributed by atoms with Gasteiger partial charge in [-0.25, -0.2) is 0 Å². The van der Waals surface area contributed by atoms with E-state index in [1.165, 1.54) is 0 Å². The van der Waals surface area contributed by atoms with Gasteiger partial charge in [0.15, 0.2) is 0 Å². The van der Waals surface area contributed by atoms with Gasteiger partial charge in [-0.3, -0.25) is 9.59 Å². The Bertz CT molecular complexity index is 909. The van der Waals surface area contributed by atoms with Crippen molar-refractivity contribution in [2.75, 3.05) is 13.1 Å². The third-order valence-corrected chi connectivity index (χ3v) is 4.10. The highest BCUT2D eigenvalue weighted by atomic mass is 16.3.